The van der Waals surface area contributed by atoms with E-state index in [-0.39, 0.29) is 5.82 Å². The molecule has 0 aliphatic carbocycles. The Balaban J connectivity index is 1.74. The molecule has 0 bridgehead atoms. The van der Waals surface area contributed by atoms with Gasteiger partial charge in [-0.15, -0.1) is 5.10 Å². The summed E-state index contributed by atoms with van der Waals surface area (Å²) in [6, 6.07) is 14.3. The smallest absolute Gasteiger partial charge is 0.181 e. The lowest BCUT2D eigenvalue weighted by Gasteiger charge is -2.08. The Bertz CT molecular complexity index is 736. The first-order valence-electron chi connectivity index (χ1n) is 6.53. The Morgan fingerprint density at radius 1 is 1.14 bits per heavy atom. The van der Waals surface area contributed by atoms with E-state index in [4.69, 9.17) is 0 Å². The lowest BCUT2D eigenvalue weighted by molar-refractivity contribution is 0.627. The Morgan fingerprint density at radius 3 is 2.67 bits per heavy atom. The van der Waals surface area contributed by atoms with Crippen LogP contribution in [-0.4, -0.2) is 20.2 Å². The molecule has 0 saturated carbocycles. The maximum Gasteiger partial charge on any atom is 0.181 e. The standard InChI is InChI=1S/C15H14FN5/c1-21-15(18-19-20-21)12-3-2-4-14(9-12)17-10-11-5-7-13(16)8-6-11/h2-9,17H,10H2,1H3. The molecule has 5 nitrogen and oxygen atoms in total. The number of hydrogen-bond donors (Lipinski definition) is 1. The summed E-state index contributed by atoms with van der Waals surface area (Å²) in [6.45, 7) is 0.626. The molecule has 6 heteroatoms. The molecule has 3 rings (SSSR count). The third kappa shape index (κ3) is 3.05. The lowest BCUT2D eigenvalue weighted by atomic mass is 10.1. The zero-order valence-corrected chi connectivity index (χ0v) is 11.5. The van der Waals surface area contributed by atoms with Gasteiger partial charge in [-0.3, -0.25) is 0 Å². The average molecular weight is 283 g/mol. The van der Waals surface area contributed by atoms with Crippen LogP contribution in [0.5, 0.6) is 0 Å². The number of rotatable bonds is 4. The minimum atomic E-state index is -0.226. The number of hydrogen-bond acceptors (Lipinski definition) is 4. The van der Waals surface area contributed by atoms with Crippen molar-refractivity contribution in [3.8, 4) is 11.4 Å². The number of nitrogens with zero attached hydrogens (tertiary/aromatic N) is 4. The Morgan fingerprint density at radius 2 is 1.95 bits per heavy atom. The number of anilines is 1. The molecule has 3 aromatic rings. The van der Waals surface area contributed by atoms with Crippen LogP contribution >= 0.6 is 0 Å². The normalized spacial score (nSPS) is 10.6. The van der Waals surface area contributed by atoms with Crippen molar-refractivity contribution in [2.75, 3.05) is 5.32 Å². The largest absolute Gasteiger partial charge is 0.381 e. The molecule has 0 radical (unpaired) electrons. The van der Waals surface area contributed by atoms with Gasteiger partial charge in [0, 0.05) is 24.8 Å². The highest BCUT2D eigenvalue weighted by molar-refractivity contribution is 5.62. The van der Waals surface area contributed by atoms with Crippen LogP contribution < -0.4 is 5.32 Å². The fourth-order valence-electron chi connectivity index (χ4n) is 2.05. The first kappa shape index (κ1) is 13.2. The molecule has 106 valence electrons. The van der Waals surface area contributed by atoms with Crippen LogP contribution in [0.15, 0.2) is 48.5 Å². The molecule has 0 atom stereocenters. The third-order valence-corrected chi connectivity index (χ3v) is 3.15. The zero-order valence-electron chi connectivity index (χ0n) is 11.5. The van der Waals surface area contributed by atoms with E-state index in [0.29, 0.717) is 12.4 Å². The van der Waals surface area contributed by atoms with Crippen LogP contribution in [0.25, 0.3) is 11.4 Å². The van der Waals surface area contributed by atoms with Crippen molar-refractivity contribution in [3.05, 3.63) is 59.9 Å². The molecule has 0 amide bonds. The van der Waals surface area contributed by atoms with Crippen LogP contribution in [0.1, 0.15) is 5.56 Å². The fraction of sp³-hybridized carbons (Fsp3) is 0.133. The minimum absolute atomic E-state index is 0.226. The van der Waals surface area contributed by atoms with Gasteiger partial charge in [0.2, 0.25) is 0 Å². The lowest BCUT2D eigenvalue weighted by Crippen LogP contribution is -2.00. The molecule has 0 aliphatic rings. The summed E-state index contributed by atoms with van der Waals surface area (Å²) < 4.78 is 14.5. The molecule has 2 aromatic carbocycles. The number of halogens is 1. The Hall–Kier alpha value is -2.76. The molecule has 1 N–H and O–H groups in total. The van der Waals surface area contributed by atoms with Crippen LogP contribution in [0.2, 0.25) is 0 Å². The van der Waals surface area contributed by atoms with Gasteiger partial charge in [0.25, 0.3) is 0 Å². The van der Waals surface area contributed by atoms with E-state index in [1.165, 1.54) is 12.1 Å². The first-order chi connectivity index (χ1) is 10.2. The molecule has 0 spiro atoms. The van der Waals surface area contributed by atoms with Crippen molar-refractivity contribution in [1.82, 2.24) is 20.2 Å². The maximum absolute atomic E-state index is 12.9. The van der Waals surface area contributed by atoms with Crippen molar-refractivity contribution in [2.24, 2.45) is 7.05 Å². The quantitative estimate of drug-likeness (QED) is 0.799. The number of tetrazole rings is 1. The third-order valence-electron chi connectivity index (χ3n) is 3.15. The predicted molar refractivity (Wildman–Crippen MR) is 78.0 cm³/mol. The maximum atomic E-state index is 12.9. The van der Waals surface area contributed by atoms with Gasteiger partial charge in [0.1, 0.15) is 5.82 Å². The fourth-order valence-corrected chi connectivity index (χ4v) is 2.05. The first-order valence-corrected chi connectivity index (χ1v) is 6.53. The Kier molecular flexibility index (Phi) is 3.59. The van der Waals surface area contributed by atoms with Gasteiger partial charge in [0.05, 0.1) is 0 Å². The number of nitrogens with one attached hydrogen (secondary N) is 1. The molecule has 0 aliphatic heterocycles. The summed E-state index contributed by atoms with van der Waals surface area (Å²) >= 11 is 0. The summed E-state index contributed by atoms with van der Waals surface area (Å²) in [5, 5.41) is 14.8. The molecular formula is C15H14FN5. The molecule has 21 heavy (non-hydrogen) atoms. The van der Waals surface area contributed by atoms with Crippen molar-refractivity contribution in [1.29, 1.82) is 0 Å². The van der Waals surface area contributed by atoms with Gasteiger partial charge >= 0.3 is 0 Å². The topological polar surface area (TPSA) is 55.6 Å². The van der Waals surface area contributed by atoms with Crippen molar-refractivity contribution < 1.29 is 4.39 Å². The van der Waals surface area contributed by atoms with Crippen LogP contribution in [0, 0.1) is 5.82 Å². The van der Waals surface area contributed by atoms with Gasteiger partial charge < -0.3 is 5.32 Å². The van der Waals surface area contributed by atoms with Crippen LogP contribution in [-0.2, 0) is 13.6 Å². The van der Waals surface area contributed by atoms with Gasteiger partial charge in [0.15, 0.2) is 5.82 Å². The summed E-state index contributed by atoms with van der Waals surface area (Å²) in [4.78, 5) is 0. The molecule has 0 unspecified atom stereocenters. The second-order valence-electron chi connectivity index (χ2n) is 4.69. The van der Waals surface area contributed by atoms with Crippen molar-refractivity contribution >= 4 is 5.69 Å². The average Bonchev–Trinajstić information content (AvgIpc) is 2.93. The van der Waals surface area contributed by atoms with Crippen molar-refractivity contribution in [3.63, 3.8) is 0 Å². The highest BCUT2D eigenvalue weighted by Crippen LogP contribution is 2.20. The number of benzene rings is 2. The number of aryl methyl sites for hydroxylation is 1. The van der Waals surface area contributed by atoms with Gasteiger partial charge in [-0.05, 0) is 40.3 Å². The molecule has 1 heterocycles. The van der Waals surface area contributed by atoms with Crippen LogP contribution in [0.3, 0.4) is 0 Å². The van der Waals surface area contributed by atoms with E-state index in [1.54, 1.807) is 23.9 Å². The molecule has 1 aromatic heterocycles. The van der Waals surface area contributed by atoms with E-state index >= 15 is 0 Å². The SMILES string of the molecule is Cn1nnnc1-c1cccc(NCc2ccc(F)cc2)c1. The summed E-state index contributed by atoms with van der Waals surface area (Å²) in [5.74, 6) is 0.482. The highest BCUT2D eigenvalue weighted by atomic mass is 19.1. The van der Waals surface area contributed by atoms with E-state index in [0.717, 1.165) is 16.8 Å². The zero-order chi connectivity index (χ0) is 14.7. The van der Waals surface area contributed by atoms with E-state index in [9.17, 15) is 4.39 Å². The summed E-state index contributed by atoms with van der Waals surface area (Å²) in [7, 11) is 1.80. The predicted octanol–water partition coefficient (Wildman–Crippen LogP) is 2.63. The second-order valence-corrected chi connectivity index (χ2v) is 4.69. The van der Waals surface area contributed by atoms with Gasteiger partial charge in [-0.2, -0.15) is 0 Å². The van der Waals surface area contributed by atoms with E-state index in [1.807, 2.05) is 24.3 Å². The molecule has 0 saturated heterocycles. The summed E-state index contributed by atoms with van der Waals surface area (Å²) in [6.07, 6.45) is 0. The monoisotopic (exact) mass is 283 g/mol. The Labute approximate surface area is 121 Å². The summed E-state index contributed by atoms with van der Waals surface area (Å²) in [5.41, 5.74) is 2.91. The van der Waals surface area contributed by atoms with Gasteiger partial charge in [-0.25, -0.2) is 9.07 Å². The number of aromatic nitrogens is 4. The molecule has 0 fully saturated rings. The van der Waals surface area contributed by atoms with E-state index < -0.39 is 0 Å². The minimum Gasteiger partial charge on any atom is -0.381 e. The van der Waals surface area contributed by atoms with Gasteiger partial charge in [-0.1, -0.05) is 24.3 Å². The molecular weight excluding hydrogens is 269 g/mol. The highest BCUT2D eigenvalue weighted by Gasteiger charge is 2.06. The van der Waals surface area contributed by atoms with Crippen LogP contribution in [0.4, 0.5) is 10.1 Å². The van der Waals surface area contributed by atoms with E-state index in [2.05, 4.69) is 20.8 Å². The van der Waals surface area contributed by atoms with Crippen molar-refractivity contribution in [2.45, 2.75) is 6.54 Å². The second kappa shape index (κ2) is 5.70.